The quantitative estimate of drug-likeness (QED) is 0.595. The highest BCUT2D eigenvalue weighted by Gasteiger charge is 2.45. The second-order valence-electron chi connectivity index (χ2n) is 7.29. The number of aromatic hydroxyl groups is 1. The van der Waals surface area contributed by atoms with Crippen molar-refractivity contribution in [3.05, 3.63) is 62.3 Å². The van der Waals surface area contributed by atoms with Gasteiger partial charge in [-0.25, -0.2) is 17.8 Å². The van der Waals surface area contributed by atoms with Crippen LogP contribution in [0.1, 0.15) is 45.1 Å². The minimum atomic E-state index is -1.50. The van der Waals surface area contributed by atoms with Crippen molar-refractivity contribution in [1.29, 1.82) is 0 Å². The Labute approximate surface area is 172 Å². The van der Waals surface area contributed by atoms with Gasteiger partial charge in [0.2, 0.25) is 5.43 Å². The molecule has 9 nitrogen and oxygen atoms in total. The molecule has 1 aromatic heterocycles. The summed E-state index contributed by atoms with van der Waals surface area (Å²) in [6.07, 6.45) is -1.93. The van der Waals surface area contributed by atoms with E-state index >= 15 is 0 Å². The molecule has 2 aromatic rings. The highest BCUT2D eigenvalue weighted by atomic mass is 19.2. The number of pyridine rings is 1. The summed E-state index contributed by atoms with van der Waals surface area (Å²) >= 11 is 0. The fraction of sp³-hybridized carbons (Fsp3) is 0.316. The maximum atomic E-state index is 13.9. The van der Waals surface area contributed by atoms with E-state index in [0.29, 0.717) is 12.1 Å². The molecule has 0 spiro atoms. The van der Waals surface area contributed by atoms with Crippen molar-refractivity contribution in [3.63, 3.8) is 0 Å². The van der Waals surface area contributed by atoms with Gasteiger partial charge in [-0.2, -0.15) is 0 Å². The summed E-state index contributed by atoms with van der Waals surface area (Å²) in [6, 6.07) is 1.27. The zero-order chi connectivity index (χ0) is 22.8. The average molecular weight is 438 g/mol. The van der Waals surface area contributed by atoms with Crippen LogP contribution < -0.4 is 15.8 Å². The number of amides is 2. The first-order valence-corrected chi connectivity index (χ1v) is 9.20. The molecule has 2 unspecified atom stereocenters. The van der Waals surface area contributed by atoms with Gasteiger partial charge in [0.25, 0.3) is 11.8 Å². The molecule has 2 atom stereocenters. The van der Waals surface area contributed by atoms with Gasteiger partial charge in [0.05, 0.1) is 12.2 Å². The number of aliphatic hydroxyl groups is 1. The SMILES string of the molecule is CC1N(C)C(=O)c2c(O)c(=O)c(C(=O)NCc3c(F)ccc(F)c3F)c3n2N1CC3O. The summed E-state index contributed by atoms with van der Waals surface area (Å²) in [6.45, 7) is 0.767. The molecule has 0 bridgehead atoms. The van der Waals surface area contributed by atoms with Crippen molar-refractivity contribution in [2.45, 2.75) is 25.7 Å². The summed E-state index contributed by atoms with van der Waals surface area (Å²) in [5.74, 6) is -6.78. The zero-order valence-electron chi connectivity index (χ0n) is 16.3. The lowest BCUT2D eigenvalue weighted by Crippen LogP contribution is -2.57. The normalized spacial score (nSPS) is 19.6. The van der Waals surface area contributed by atoms with E-state index in [-0.39, 0.29) is 12.2 Å². The number of rotatable bonds is 3. The van der Waals surface area contributed by atoms with Crippen LogP contribution in [-0.2, 0) is 6.54 Å². The van der Waals surface area contributed by atoms with E-state index < -0.39 is 76.1 Å². The van der Waals surface area contributed by atoms with Crippen LogP contribution in [0.5, 0.6) is 5.75 Å². The van der Waals surface area contributed by atoms with E-state index in [1.807, 2.05) is 0 Å². The third-order valence-corrected chi connectivity index (χ3v) is 5.60. The van der Waals surface area contributed by atoms with Crippen molar-refractivity contribution in [2.24, 2.45) is 0 Å². The number of halogens is 3. The summed E-state index contributed by atoms with van der Waals surface area (Å²) < 4.78 is 42.2. The molecule has 2 aliphatic heterocycles. The lowest BCUT2D eigenvalue weighted by atomic mass is 10.1. The Hall–Kier alpha value is -3.54. The topological polar surface area (TPSA) is 115 Å². The fourth-order valence-corrected chi connectivity index (χ4v) is 3.84. The molecule has 31 heavy (non-hydrogen) atoms. The van der Waals surface area contributed by atoms with E-state index in [2.05, 4.69) is 5.32 Å². The third kappa shape index (κ3) is 2.86. The monoisotopic (exact) mass is 438 g/mol. The van der Waals surface area contributed by atoms with Crippen LogP contribution >= 0.6 is 0 Å². The van der Waals surface area contributed by atoms with Crippen molar-refractivity contribution in [3.8, 4) is 5.75 Å². The molecular weight excluding hydrogens is 421 g/mol. The number of carbonyl (C=O) groups is 2. The number of hydrogen-bond donors (Lipinski definition) is 3. The second kappa shape index (κ2) is 7.01. The van der Waals surface area contributed by atoms with Crippen LogP contribution in [0.15, 0.2) is 16.9 Å². The maximum Gasteiger partial charge on any atom is 0.277 e. The van der Waals surface area contributed by atoms with Crippen LogP contribution in [0.3, 0.4) is 0 Å². The number of benzene rings is 1. The Kier molecular flexibility index (Phi) is 4.69. The Morgan fingerprint density at radius 1 is 1.23 bits per heavy atom. The van der Waals surface area contributed by atoms with Crippen LogP contribution in [0, 0.1) is 17.5 Å². The number of nitrogens with zero attached hydrogens (tertiary/aromatic N) is 3. The summed E-state index contributed by atoms with van der Waals surface area (Å²) in [7, 11) is 1.45. The molecule has 1 aromatic carbocycles. The van der Waals surface area contributed by atoms with E-state index in [1.54, 1.807) is 6.92 Å². The van der Waals surface area contributed by atoms with Gasteiger partial charge in [0.1, 0.15) is 23.7 Å². The number of nitrogens with one attached hydrogen (secondary N) is 1. The molecule has 2 aliphatic rings. The Morgan fingerprint density at radius 2 is 1.87 bits per heavy atom. The van der Waals surface area contributed by atoms with Crippen LogP contribution in [-0.4, -0.2) is 51.4 Å². The first-order chi connectivity index (χ1) is 14.6. The number of aromatic nitrogens is 1. The molecule has 3 N–H and O–H groups in total. The van der Waals surface area contributed by atoms with Crippen molar-refractivity contribution >= 4 is 11.8 Å². The van der Waals surface area contributed by atoms with E-state index in [1.165, 1.54) is 17.0 Å². The summed E-state index contributed by atoms with van der Waals surface area (Å²) in [4.78, 5) is 39.3. The van der Waals surface area contributed by atoms with Gasteiger partial charge in [-0.3, -0.25) is 19.4 Å². The molecule has 0 fully saturated rings. The highest BCUT2D eigenvalue weighted by molar-refractivity contribution is 6.00. The summed E-state index contributed by atoms with van der Waals surface area (Å²) in [5.41, 5.74) is -3.31. The van der Waals surface area contributed by atoms with Gasteiger partial charge in [-0.15, -0.1) is 0 Å². The van der Waals surface area contributed by atoms with Crippen molar-refractivity contribution in [1.82, 2.24) is 14.9 Å². The van der Waals surface area contributed by atoms with Crippen molar-refractivity contribution < 1.29 is 33.0 Å². The molecule has 0 saturated heterocycles. The Morgan fingerprint density at radius 3 is 2.55 bits per heavy atom. The standard InChI is InChI=1S/C19H17F3N4O5/c1-7-24(2)19(31)15-17(29)16(28)12(14-11(27)6-25(7)26(14)15)18(30)23-5-8-9(20)3-4-10(21)13(8)22/h3-4,7,11,27,29H,5-6H2,1-2H3,(H,23,30). The predicted octanol–water partition coefficient (Wildman–Crippen LogP) is 0.318. The molecule has 164 valence electrons. The molecule has 3 heterocycles. The third-order valence-electron chi connectivity index (χ3n) is 5.60. The average Bonchev–Trinajstić information content (AvgIpc) is 3.06. The fourth-order valence-electron chi connectivity index (χ4n) is 3.84. The van der Waals surface area contributed by atoms with Crippen LogP contribution in [0.4, 0.5) is 13.2 Å². The molecule has 4 rings (SSSR count). The molecule has 2 amide bonds. The Bertz CT molecular complexity index is 1200. The van der Waals surface area contributed by atoms with Gasteiger partial charge in [0.15, 0.2) is 23.1 Å². The predicted molar refractivity (Wildman–Crippen MR) is 99.5 cm³/mol. The van der Waals surface area contributed by atoms with Gasteiger partial charge in [-0.05, 0) is 19.1 Å². The Balaban J connectivity index is 1.79. The van der Waals surface area contributed by atoms with E-state index in [9.17, 15) is 37.8 Å². The largest absolute Gasteiger partial charge is 0.502 e. The first kappa shape index (κ1) is 20.7. The zero-order valence-corrected chi connectivity index (χ0v) is 16.3. The lowest BCUT2D eigenvalue weighted by Gasteiger charge is -2.41. The second-order valence-corrected chi connectivity index (χ2v) is 7.29. The number of carbonyl (C=O) groups excluding carboxylic acids is 2. The summed E-state index contributed by atoms with van der Waals surface area (Å²) in [5, 5.41) is 24.5. The minimum absolute atomic E-state index is 0.0812. The highest BCUT2D eigenvalue weighted by Crippen LogP contribution is 2.34. The smallest absolute Gasteiger partial charge is 0.277 e. The van der Waals surface area contributed by atoms with Gasteiger partial charge < -0.3 is 20.4 Å². The molecule has 0 aliphatic carbocycles. The first-order valence-electron chi connectivity index (χ1n) is 9.20. The van der Waals surface area contributed by atoms with Crippen LogP contribution in [0.25, 0.3) is 0 Å². The molecular formula is C19H17F3N4O5. The number of aliphatic hydroxyl groups excluding tert-OH is 1. The van der Waals surface area contributed by atoms with E-state index in [0.717, 1.165) is 4.68 Å². The minimum Gasteiger partial charge on any atom is -0.502 e. The van der Waals surface area contributed by atoms with Crippen molar-refractivity contribution in [2.75, 3.05) is 18.6 Å². The number of hydrogen-bond acceptors (Lipinski definition) is 6. The van der Waals surface area contributed by atoms with Gasteiger partial charge in [0, 0.05) is 19.2 Å². The molecule has 0 saturated carbocycles. The maximum absolute atomic E-state index is 13.9. The van der Waals surface area contributed by atoms with Gasteiger partial charge >= 0.3 is 0 Å². The molecule has 12 heteroatoms. The van der Waals surface area contributed by atoms with E-state index in [4.69, 9.17) is 0 Å². The van der Waals surface area contributed by atoms with Crippen LogP contribution in [0.2, 0.25) is 0 Å². The molecule has 0 radical (unpaired) electrons. The van der Waals surface area contributed by atoms with Gasteiger partial charge in [-0.1, -0.05) is 0 Å². The lowest BCUT2D eigenvalue weighted by molar-refractivity contribution is 0.0655.